The lowest BCUT2D eigenvalue weighted by Gasteiger charge is -2.20. The van der Waals surface area contributed by atoms with Gasteiger partial charge in [-0.1, -0.05) is 5.16 Å². The lowest BCUT2D eigenvalue weighted by Crippen LogP contribution is -2.45. The molecule has 0 fully saturated rings. The summed E-state index contributed by atoms with van der Waals surface area (Å²) < 4.78 is 7.48. The van der Waals surface area contributed by atoms with Crippen LogP contribution >= 0.6 is 0 Å². The molecule has 1 aromatic carbocycles. The molecule has 0 saturated heterocycles. The fourth-order valence-electron chi connectivity index (χ4n) is 3.57. The highest BCUT2D eigenvalue weighted by Gasteiger charge is 2.42. The van der Waals surface area contributed by atoms with Crippen molar-refractivity contribution in [3.63, 3.8) is 0 Å². The third-order valence-electron chi connectivity index (χ3n) is 5.56. The predicted molar refractivity (Wildman–Crippen MR) is 117 cm³/mol. The van der Waals surface area contributed by atoms with E-state index in [2.05, 4.69) is 20.4 Å². The molecule has 2 aromatic heterocycles. The summed E-state index contributed by atoms with van der Waals surface area (Å²) in [5.74, 6) is 0.924. The average molecular weight is 440 g/mol. The van der Waals surface area contributed by atoms with Crippen molar-refractivity contribution in [1.82, 2.24) is 24.4 Å². The van der Waals surface area contributed by atoms with Crippen molar-refractivity contribution in [2.24, 2.45) is 19.3 Å². The second-order valence-electron chi connectivity index (χ2n) is 7.86. The Hall–Kier alpha value is -3.89. The van der Waals surface area contributed by atoms with Crippen molar-refractivity contribution in [3.05, 3.63) is 56.5 Å². The lowest BCUT2D eigenvalue weighted by molar-refractivity contribution is -0.141. The number of carbonyl (C=O) groups is 1. The van der Waals surface area contributed by atoms with Gasteiger partial charge >= 0.3 is 5.69 Å². The molecule has 0 radical (unpaired) electrons. The third kappa shape index (κ3) is 3.66. The SMILES string of the molecule is COc1ccc(C2=NOC(C)(C(=O)NCCc3nc4c([nH]3)c(=O)n(C)c(=O)n4C)C2)cc1. The molecule has 1 atom stereocenters. The summed E-state index contributed by atoms with van der Waals surface area (Å²) in [5.41, 5.74) is 0.0516. The first-order valence-electron chi connectivity index (χ1n) is 10.1. The van der Waals surface area contributed by atoms with Crippen LogP contribution in [0.5, 0.6) is 5.75 Å². The zero-order valence-electron chi connectivity index (χ0n) is 18.3. The van der Waals surface area contributed by atoms with Crippen molar-refractivity contribution in [1.29, 1.82) is 0 Å². The number of carbonyl (C=O) groups excluding carboxylic acids is 1. The number of imidazole rings is 1. The molecule has 0 aliphatic carbocycles. The highest BCUT2D eigenvalue weighted by molar-refractivity contribution is 6.05. The van der Waals surface area contributed by atoms with Crippen molar-refractivity contribution >= 4 is 22.8 Å². The van der Waals surface area contributed by atoms with Crippen molar-refractivity contribution in [3.8, 4) is 5.75 Å². The standard InChI is InChI=1S/C21H24N6O5/c1-21(11-14(25-32-21)12-5-7-13(31-4)8-6-12)19(29)22-10-9-15-23-16-17(24-15)26(2)20(30)27(3)18(16)28/h5-8H,9-11H2,1-4H3,(H,22,29)(H,23,24). The fraction of sp³-hybridized carbons (Fsp3) is 0.381. The smallest absolute Gasteiger partial charge is 0.332 e. The van der Waals surface area contributed by atoms with E-state index in [1.165, 1.54) is 11.6 Å². The highest BCUT2D eigenvalue weighted by atomic mass is 16.7. The summed E-state index contributed by atoms with van der Waals surface area (Å²) in [6.45, 7) is 1.95. The Bertz CT molecular complexity index is 1330. The van der Waals surface area contributed by atoms with Crippen LogP contribution in [0.15, 0.2) is 39.0 Å². The number of nitrogens with one attached hydrogen (secondary N) is 2. The Labute approximate surface area is 182 Å². The van der Waals surface area contributed by atoms with Gasteiger partial charge in [0.15, 0.2) is 5.65 Å². The Kier molecular flexibility index (Phi) is 5.33. The fourth-order valence-corrected chi connectivity index (χ4v) is 3.57. The molecular weight excluding hydrogens is 416 g/mol. The number of nitrogens with zero attached hydrogens (tertiary/aromatic N) is 4. The Morgan fingerprint density at radius 3 is 2.66 bits per heavy atom. The van der Waals surface area contributed by atoms with Crippen LogP contribution in [0.2, 0.25) is 0 Å². The summed E-state index contributed by atoms with van der Waals surface area (Å²) in [4.78, 5) is 49.8. The molecule has 2 N–H and O–H groups in total. The number of ether oxygens (including phenoxy) is 1. The van der Waals surface area contributed by atoms with E-state index in [1.54, 1.807) is 21.1 Å². The number of hydrogen-bond donors (Lipinski definition) is 2. The summed E-state index contributed by atoms with van der Waals surface area (Å²) in [6, 6.07) is 7.38. The van der Waals surface area contributed by atoms with E-state index in [0.29, 0.717) is 24.4 Å². The van der Waals surface area contributed by atoms with Gasteiger partial charge in [0.2, 0.25) is 5.60 Å². The monoisotopic (exact) mass is 440 g/mol. The van der Waals surface area contributed by atoms with Crippen molar-refractivity contribution in [2.75, 3.05) is 13.7 Å². The quantitative estimate of drug-likeness (QED) is 0.563. The number of benzene rings is 1. The number of aromatic nitrogens is 4. The number of hydrogen-bond acceptors (Lipinski definition) is 7. The van der Waals surface area contributed by atoms with Gasteiger partial charge in [0.25, 0.3) is 11.5 Å². The number of amides is 1. The van der Waals surface area contributed by atoms with Crippen LogP contribution in [0.1, 0.15) is 24.7 Å². The second kappa shape index (κ2) is 7.98. The van der Waals surface area contributed by atoms with Crippen LogP contribution in [0.3, 0.4) is 0 Å². The maximum atomic E-state index is 12.7. The molecular formula is C21H24N6O5. The van der Waals surface area contributed by atoms with Crippen LogP contribution < -0.4 is 21.3 Å². The molecule has 1 unspecified atom stereocenters. The Morgan fingerprint density at radius 1 is 1.25 bits per heavy atom. The first kappa shape index (κ1) is 21.3. The van der Waals surface area contributed by atoms with Gasteiger partial charge in [-0.25, -0.2) is 9.78 Å². The summed E-state index contributed by atoms with van der Waals surface area (Å²) >= 11 is 0. The molecule has 1 aliphatic rings. The van der Waals surface area contributed by atoms with Crippen LogP contribution in [0.4, 0.5) is 0 Å². The minimum absolute atomic E-state index is 0.250. The van der Waals surface area contributed by atoms with Gasteiger partial charge in [0.1, 0.15) is 17.1 Å². The zero-order chi connectivity index (χ0) is 23.0. The molecule has 0 spiro atoms. The van der Waals surface area contributed by atoms with Crippen LogP contribution in [-0.2, 0) is 30.1 Å². The number of H-pyrrole nitrogens is 1. The molecule has 0 saturated carbocycles. The summed E-state index contributed by atoms with van der Waals surface area (Å²) in [5, 5.41) is 6.92. The predicted octanol–water partition coefficient (Wildman–Crippen LogP) is 0.211. The van der Waals surface area contributed by atoms with Gasteiger partial charge in [0, 0.05) is 33.5 Å². The van der Waals surface area contributed by atoms with Crippen LogP contribution in [0, 0.1) is 0 Å². The normalized spacial score (nSPS) is 17.8. The molecule has 0 bridgehead atoms. The first-order chi connectivity index (χ1) is 15.2. The van der Waals surface area contributed by atoms with Crippen molar-refractivity contribution in [2.45, 2.75) is 25.4 Å². The van der Waals surface area contributed by atoms with Gasteiger partial charge in [0.05, 0.1) is 12.8 Å². The van der Waals surface area contributed by atoms with Crippen LogP contribution in [0.25, 0.3) is 11.2 Å². The zero-order valence-corrected chi connectivity index (χ0v) is 18.3. The van der Waals surface area contributed by atoms with Crippen LogP contribution in [-0.4, -0.2) is 50.0 Å². The number of fused-ring (bicyclic) bond motifs is 1. The topological polar surface area (TPSA) is 133 Å². The maximum Gasteiger partial charge on any atom is 0.332 e. The Balaban J connectivity index is 1.39. The summed E-state index contributed by atoms with van der Waals surface area (Å²) in [6.07, 6.45) is 0.675. The van der Waals surface area contributed by atoms with E-state index < -0.39 is 16.9 Å². The van der Waals surface area contributed by atoms with Crippen molar-refractivity contribution < 1.29 is 14.4 Å². The maximum absolute atomic E-state index is 12.7. The number of oxime groups is 1. The molecule has 1 aliphatic heterocycles. The molecule has 3 heterocycles. The molecule has 4 rings (SSSR count). The number of rotatable bonds is 6. The molecule has 168 valence electrons. The molecule has 32 heavy (non-hydrogen) atoms. The second-order valence-corrected chi connectivity index (χ2v) is 7.86. The average Bonchev–Trinajstić information content (AvgIpc) is 3.41. The van der Waals surface area contributed by atoms with E-state index in [4.69, 9.17) is 9.57 Å². The van der Waals surface area contributed by atoms with Gasteiger partial charge in [-0.05, 0) is 36.8 Å². The van der Waals surface area contributed by atoms with E-state index in [-0.39, 0.29) is 23.6 Å². The van der Waals surface area contributed by atoms with Gasteiger partial charge < -0.3 is 19.9 Å². The number of aryl methyl sites for hydroxylation is 1. The van der Waals surface area contributed by atoms with Gasteiger partial charge in [-0.3, -0.25) is 18.7 Å². The largest absolute Gasteiger partial charge is 0.497 e. The summed E-state index contributed by atoms with van der Waals surface area (Å²) in [7, 11) is 4.56. The van der Waals surface area contributed by atoms with E-state index in [1.807, 2.05) is 24.3 Å². The minimum Gasteiger partial charge on any atom is -0.497 e. The van der Waals surface area contributed by atoms with Gasteiger partial charge in [-0.15, -0.1) is 0 Å². The molecule has 11 heteroatoms. The molecule has 3 aromatic rings. The van der Waals surface area contributed by atoms with E-state index in [9.17, 15) is 14.4 Å². The lowest BCUT2D eigenvalue weighted by atomic mass is 9.95. The first-order valence-corrected chi connectivity index (χ1v) is 10.1. The third-order valence-corrected chi connectivity index (χ3v) is 5.56. The van der Waals surface area contributed by atoms with E-state index >= 15 is 0 Å². The number of aromatic amines is 1. The molecule has 11 nitrogen and oxygen atoms in total. The highest BCUT2D eigenvalue weighted by Crippen LogP contribution is 2.27. The van der Waals surface area contributed by atoms with E-state index in [0.717, 1.165) is 15.9 Å². The minimum atomic E-state index is -1.12. The van der Waals surface area contributed by atoms with Gasteiger partial charge in [-0.2, -0.15) is 0 Å². The molecule has 1 amide bonds. The number of methoxy groups -OCH3 is 1. The Morgan fingerprint density at radius 2 is 1.97 bits per heavy atom.